The molecule has 4 N–H and O–H groups in total. The molecule has 2 amide bonds. The van der Waals surface area contributed by atoms with E-state index in [2.05, 4.69) is 28.2 Å². The van der Waals surface area contributed by atoms with Crippen LogP contribution < -0.4 is 10.0 Å². The molecule has 1 fully saturated rings. The third-order valence-electron chi connectivity index (χ3n) is 7.74. The second-order valence-electron chi connectivity index (χ2n) is 11.1. The molecule has 1 atom stereocenters. The molecule has 4 rings (SSSR count). The van der Waals surface area contributed by atoms with Crippen molar-refractivity contribution in [3.05, 3.63) is 53.3 Å². The van der Waals surface area contributed by atoms with Crippen LogP contribution in [-0.4, -0.2) is 74.9 Å². The first-order valence-electron chi connectivity index (χ1n) is 13.7. The second-order valence-corrected chi connectivity index (χ2v) is 14.7. The number of nitrogens with zero attached hydrogens (tertiary/aromatic N) is 2. The predicted octanol–water partition coefficient (Wildman–Crippen LogP) is 1.75. The smallest absolute Gasteiger partial charge is 0.464 e. The number of amides is 2. The number of aromatic nitrogens is 1. The molecule has 2 heterocycles. The monoisotopic (exact) mass is 661 g/mol. The van der Waals surface area contributed by atoms with Crippen molar-refractivity contribution in [2.75, 3.05) is 19.4 Å². The van der Waals surface area contributed by atoms with Crippen molar-refractivity contribution in [2.45, 2.75) is 50.3 Å². The summed E-state index contributed by atoms with van der Waals surface area (Å²) in [7, 11) is -8.63. The van der Waals surface area contributed by atoms with Crippen LogP contribution >= 0.6 is 7.82 Å². The molecule has 240 valence electrons. The van der Waals surface area contributed by atoms with Crippen molar-refractivity contribution < 1.29 is 51.6 Å². The highest BCUT2D eigenvalue weighted by Gasteiger charge is 2.44. The molecule has 0 saturated heterocycles. The van der Waals surface area contributed by atoms with Crippen LogP contribution in [0.25, 0.3) is 0 Å². The van der Waals surface area contributed by atoms with Gasteiger partial charge < -0.3 is 14.2 Å². The molecule has 1 aliphatic heterocycles. The van der Waals surface area contributed by atoms with E-state index >= 15 is 0 Å². The van der Waals surface area contributed by atoms with E-state index in [-0.39, 0.29) is 44.7 Å². The van der Waals surface area contributed by atoms with Crippen molar-refractivity contribution in [2.24, 2.45) is 5.41 Å². The van der Waals surface area contributed by atoms with Crippen LogP contribution in [0.3, 0.4) is 0 Å². The average molecular weight is 662 g/mol. The Balaban J connectivity index is 1.27. The van der Waals surface area contributed by atoms with Gasteiger partial charge >= 0.3 is 19.8 Å². The zero-order chi connectivity index (χ0) is 33.0. The van der Waals surface area contributed by atoms with E-state index < -0.39 is 45.7 Å². The molecule has 1 aromatic heterocycles. The number of hydrogen-bond donors (Lipinski definition) is 4. The third-order valence-corrected chi connectivity index (χ3v) is 10.2. The Labute approximate surface area is 259 Å². The summed E-state index contributed by atoms with van der Waals surface area (Å²) >= 11 is 0. The number of benzene rings is 1. The minimum absolute atomic E-state index is 0.00117. The fourth-order valence-corrected chi connectivity index (χ4v) is 5.86. The number of fused-ring (bicyclic) bond motifs is 1. The summed E-state index contributed by atoms with van der Waals surface area (Å²) in [6.45, 7) is 1.43. The van der Waals surface area contributed by atoms with Gasteiger partial charge in [-0.1, -0.05) is 30.0 Å². The molecule has 2 aliphatic rings. The van der Waals surface area contributed by atoms with E-state index in [4.69, 9.17) is 19.7 Å². The maximum absolute atomic E-state index is 12.8. The zero-order valence-electron chi connectivity index (χ0n) is 24.5. The van der Waals surface area contributed by atoms with Gasteiger partial charge in [0.2, 0.25) is 0 Å². The Bertz CT molecular complexity index is 1790. The van der Waals surface area contributed by atoms with Crippen molar-refractivity contribution >= 4 is 35.6 Å². The fraction of sp³-hybridized carbons (Fsp3) is 0.414. The van der Waals surface area contributed by atoms with E-state index in [0.29, 0.717) is 16.8 Å². The number of ether oxygens (including phenoxy) is 1. The number of rotatable bonds is 12. The van der Waals surface area contributed by atoms with E-state index in [1.54, 1.807) is 30.5 Å². The highest BCUT2D eigenvalue weighted by molar-refractivity contribution is 7.92. The summed E-state index contributed by atoms with van der Waals surface area (Å²) in [4.78, 5) is 56.7. The summed E-state index contributed by atoms with van der Waals surface area (Å²) in [6.07, 6.45) is 3.84. The Kier molecular flexibility index (Phi) is 9.82. The molecule has 45 heavy (non-hydrogen) atoms. The van der Waals surface area contributed by atoms with Crippen LogP contribution in [0, 0.1) is 29.1 Å². The molecule has 16 heteroatoms. The number of esters is 1. The molecule has 0 radical (unpaired) electrons. The summed E-state index contributed by atoms with van der Waals surface area (Å²) < 4.78 is 45.1. The highest BCUT2D eigenvalue weighted by atomic mass is 32.2. The number of carbonyl (C=O) groups excluding carboxylic acids is 3. The van der Waals surface area contributed by atoms with E-state index in [1.165, 1.54) is 27.9 Å². The Hall–Kier alpha value is -4.11. The lowest BCUT2D eigenvalue weighted by Gasteiger charge is -2.27. The van der Waals surface area contributed by atoms with Gasteiger partial charge in [0.15, 0.2) is 14.6 Å². The summed E-state index contributed by atoms with van der Waals surface area (Å²) in [5.41, 5.74) is 2.54. The molecular weight excluding hydrogens is 629 g/mol. The van der Waals surface area contributed by atoms with Gasteiger partial charge in [0.05, 0.1) is 12.0 Å². The average Bonchev–Trinajstić information content (AvgIpc) is 3.53. The number of carbonyl (C=O) groups is 3. The number of hydrogen-bond acceptors (Lipinski definition) is 9. The van der Waals surface area contributed by atoms with Crippen molar-refractivity contribution in [3.63, 3.8) is 0 Å². The highest BCUT2D eigenvalue weighted by Crippen LogP contribution is 2.45. The zero-order valence-corrected chi connectivity index (χ0v) is 26.2. The van der Waals surface area contributed by atoms with Gasteiger partial charge in [0, 0.05) is 36.7 Å². The lowest BCUT2D eigenvalue weighted by atomic mass is 10.1. The van der Waals surface area contributed by atoms with Crippen molar-refractivity contribution in [1.29, 1.82) is 0 Å². The van der Waals surface area contributed by atoms with Crippen LogP contribution in [0.15, 0.2) is 36.5 Å². The summed E-state index contributed by atoms with van der Waals surface area (Å²) in [5, 5.41) is 8.98. The first kappa shape index (κ1) is 33.8. The third kappa shape index (κ3) is 8.34. The Morgan fingerprint density at radius 1 is 1.20 bits per heavy atom. The minimum Gasteiger partial charge on any atom is -0.464 e. The molecule has 0 bridgehead atoms. The van der Waals surface area contributed by atoms with Crippen molar-refractivity contribution in [3.8, 4) is 29.4 Å². The number of nitrogens with one attached hydrogen (secondary N) is 1. The Morgan fingerprint density at radius 2 is 1.91 bits per heavy atom. The van der Waals surface area contributed by atoms with Crippen LogP contribution in [0.4, 0.5) is 4.79 Å². The van der Waals surface area contributed by atoms with E-state index in [0.717, 1.165) is 19.1 Å². The molecule has 1 saturated carbocycles. The number of aryl methyl sites for hydroxylation is 1. The number of phosphoric acid groups is 1. The van der Waals surface area contributed by atoms with Gasteiger partial charge in [-0.3, -0.25) is 29.2 Å². The lowest BCUT2D eigenvalue weighted by Crippen LogP contribution is -2.50. The van der Waals surface area contributed by atoms with Gasteiger partial charge in [-0.05, 0) is 62.1 Å². The standard InChI is InChI=1S/C29H32N3O11PS/c1-28(26(34)30-36,45(2,40)41)15-16-31-19-23-17-21(18-32(23)27(31)35)7-5-6-12-29(13-14-29)20-42-25(33)11-10-22-8-3-4-9-24(22)43-44(37,38)39/h3-4,8-9,17-18,36H,10-11,13-16,19-20H2,1-2H3,(H,30,34)(H2,37,38,39)/t28-/m1/s1. The van der Waals surface area contributed by atoms with Gasteiger partial charge in [0.25, 0.3) is 5.91 Å². The SMILES string of the molecule is C[C@@](CCN1Cc2cc(C#CC#CC3(COC(=O)CCc4ccccc4OP(=O)(O)O)CC3)cn2C1=O)(C(=O)NO)S(C)(=O)=O. The van der Waals surface area contributed by atoms with Gasteiger partial charge in [-0.25, -0.2) is 23.3 Å². The molecule has 1 aliphatic carbocycles. The van der Waals surface area contributed by atoms with Gasteiger partial charge in [0.1, 0.15) is 12.4 Å². The van der Waals surface area contributed by atoms with Crippen molar-refractivity contribution in [1.82, 2.24) is 14.9 Å². The lowest BCUT2D eigenvalue weighted by molar-refractivity contribution is -0.144. The quantitative estimate of drug-likeness (QED) is 0.0849. The molecular formula is C29H32N3O11PS. The number of phosphoric ester groups is 1. The minimum atomic E-state index is -4.74. The van der Waals surface area contributed by atoms with Crippen LogP contribution in [0.1, 0.15) is 49.4 Å². The molecule has 0 unspecified atom stereocenters. The van der Waals surface area contributed by atoms with Crippen LogP contribution in [0.5, 0.6) is 5.75 Å². The normalized spacial score (nSPS) is 16.3. The molecule has 2 aromatic rings. The fourth-order valence-electron chi connectivity index (χ4n) is 4.58. The van der Waals surface area contributed by atoms with E-state index in [9.17, 15) is 27.4 Å². The summed E-state index contributed by atoms with van der Waals surface area (Å²) in [5.74, 6) is 9.90. The maximum atomic E-state index is 12.8. The summed E-state index contributed by atoms with van der Waals surface area (Å²) in [6, 6.07) is 7.55. The number of para-hydroxylation sites is 1. The van der Waals surface area contributed by atoms with Crippen LogP contribution in [-0.2, 0) is 41.7 Å². The number of sulfone groups is 1. The Morgan fingerprint density at radius 3 is 2.53 bits per heavy atom. The van der Waals surface area contributed by atoms with Gasteiger partial charge in [-0.2, -0.15) is 0 Å². The molecule has 0 spiro atoms. The van der Waals surface area contributed by atoms with Gasteiger partial charge in [-0.15, -0.1) is 0 Å². The largest absolute Gasteiger partial charge is 0.524 e. The predicted molar refractivity (Wildman–Crippen MR) is 158 cm³/mol. The first-order valence-corrected chi connectivity index (χ1v) is 17.1. The number of hydroxylamine groups is 1. The molecule has 1 aromatic carbocycles. The first-order chi connectivity index (χ1) is 21.1. The topological polar surface area (TPSA) is 202 Å². The molecule has 14 nitrogen and oxygen atoms in total. The van der Waals surface area contributed by atoms with E-state index in [1.807, 2.05) is 0 Å². The second kappa shape index (κ2) is 13.1. The maximum Gasteiger partial charge on any atom is 0.524 e. The van der Waals surface area contributed by atoms with Crippen LogP contribution in [0.2, 0.25) is 0 Å².